The summed E-state index contributed by atoms with van der Waals surface area (Å²) < 4.78 is 0. The lowest BCUT2D eigenvalue weighted by Gasteiger charge is -2.50. The molecule has 0 saturated heterocycles. The van der Waals surface area contributed by atoms with E-state index in [-0.39, 0.29) is 11.5 Å². The second kappa shape index (κ2) is 6.36. The molecule has 0 radical (unpaired) electrons. The van der Waals surface area contributed by atoms with Crippen LogP contribution in [0.15, 0.2) is 0 Å². The largest absolute Gasteiger partial charge is 0.323 e. The molecule has 1 aliphatic rings. The van der Waals surface area contributed by atoms with E-state index in [1.54, 1.807) is 0 Å². The third kappa shape index (κ3) is 5.46. The van der Waals surface area contributed by atoms with E-state index in [0.717, 1.165) is 6.42 Å². The summed E-state index contributed by atoms with van der Waals surface area (Å²) in [7, 11) is 0. The highest BCUT2D eigenvalue weighted by Crippen LogP contribution is 2.46. The highest BCUT2D eigenvalue weighted by atomic mass is 17.3. The first kappa shape index (κ1) is 19.8. The van der Waals surface area contributed by atoms with Crippen LogP contribution in [0.4, 0.5) is 0 Å². The Morgan fingerprint density at radius 2 is 1.27 bits per heavy atom. The van der Waals surface area contributed by atoms with E-state index in [1.807, 2.05) is 41.5 Å². The van der Waals surface area contributed by atoms with Crippen molar-refractivity contribution in [1.82, 2.24) is 0 Å². The van der Waals surface area contributed by atoms with Gasteiger partial charge in [0.05, 0.1) is 17.2 Å². The molecule has 1 rings (SSSR count). The van der Waals surface area contributed by atoms with Gasteiger partial charge in [0.1, 0.15) is 0 Å². The SMILES string of the molecule is CC1CC(C)(C)C(N)C(OOC(C)(C)C)(OOC(C)(C)C)C1. The summed E-state index contributed by atoms with van der Waals surface area (Å²) in [5.41, 5.74) is 5.45. The Morgan fingerprint density at radius 3 is 1.64 bits per heavy atom. The lowest BCUT2D eigenvalue weighted by molar-refractivity contribution is -0.554. The highest BCUT2D eigenvalue weighted by molar-refractivity contribution is 4.99. The van der Waals surface area contributed by atoms with Gasteiger partial charge in [0.25, 0.3) is 0 Å². The average Bonchev–Trinajstić information content (AvgIpc) is 2.28. The number of hydrogen-bond acceptors (Lipinski definition) is 5. The first-order valence-corrected chi connectivity index (χ1v) is 8.16. The third-order valence-corrected chi connectivity index (χ3v) is 3.69. The van der Waals surface area contributed by atoms with Gasteiger partial charge in [-0.2, -0.15) is 9.78 Å². The highest BCUT2D eigenvalue weighted by Gasteiger charge is 2.55. The fourth-order valence-corrected chi connectivity index (χ4v) is 2.88. The standard InChI is InChI=1S/C17H35NO4/c1-12-10-16(8,9)13(18)17(11-12,21-19-14(2,3)4)22-20-15(5,6)7/h12-13H,10-11,18H2,1-9H3. The van der Waals surface area contributed by atoms with Crippen LogP contribution >= 0.6 is 0 Å². The van der Waals surface area contributed by atoms with E-state index in [4.69, 9.17) is 25.3 Å². The van der Waals surface area contributed by atoms with E-state index >= 15 is 0 Å². The smallest absolute Gasteiger partial charge is 0.249 e. The van der Waals surface area contributed by atoms with Gasteiger partial charge >= 0.3 is 0 Å². The summed E-state index contributed by atoms with van der Waals surface area (Å²) in [6, 6.07) is -0.360. The molecule has 5 nitrogen and oxygen atoms in total. The Hall–Kier alpha value is -0.200. The first-order chi connectivity index (χ1) is 9.67. The van der Waals surface area contributed by atoms with E-state index < -0.39 is 17.0 Å². The van der Waals surface area contributed by atoms with Crippen LogP contribution < -0.4 is 5.73 Å². The van der Waals surface area contributed by atoms with Crippen LogP contribution in [0.25, 0.3) is 0 Å². The first-order valence-electron chi connectivity index (χ1n) is 8.16. The molecule has 0 heterocycles. The normalized spacial score (nSPS) is 28.6. The minimum Gasteiger partial charge on any atom is -0.323 e. The van der Waals surface area contributed by atoms with Gasteiger partial charge in [0, 0.05) is 6.42 Å². The van der Waals surface area contributed by atoms with Gasteiger partial charge in [-0.3, -0.25) is 0 Å². The zero-order valence-corrected chi connectivity index (χ0v) is 15.8. The van der Waals surface area contributed by atoms with Crippen LogP contribution in [0.1, 0.15) is 75.2 Å². The Morgan fingerprint density at radius 1 is 0.864 bits per heavy atom. The number of nitrogens with two attached hydrogens (primary N) is 1. The topological polar surface area (TPSA) is 62.9 Å². The van der Waals surface area contributed by atoms with Crippen LogP contribution in [0, 0.1) is 11.3 Å². The fraction of sp³-hybridized carbons (Fsp3) is 1.00. The lowest BCUT2D eigenvalue weighted by atomic mass is 9.66. The van der Waals surface area contributed by atoms with Gasteiger partial charge in [-0.25, -0.2) is 9.78 Å². The molecule has 0 aliphatic heterocycles. The number of hydrogen-bond donors (Lipinski definition) is 1. The van der Waals surface area contributed by atoms with Crippen molar-refractivity contribution in [2.75, 3.05) is 0 Å². The molecule has 0 bridgehead atoms. The van der Waals surface area contributed by atoms with Crippen molar-refractivity contribution in [3.63, 3.8) is 0 Å². The van der Waals surface area contributed by atoms with E-state index in [2.05, 4.69) is 20.8 Å². The average molecular weight is 317 g/mol. The minimum absolute atomic E-state index is 0.139. The second-order valence-corrected chi connectivity index (χ2v) is 9.35. The van der Waals surface area contributed by atoms with E-state index in [9.17, 15) is 0 Å². The minimum atomic E-state index is -1.11. The third-order valence-electron chi connectivity index (χ3n) is 3.69. The summed E-state index contributed by atoms with van der Waals surface area (Å²) in [5.74, 6) is -0.719. The summed E-state index contributed by atoms with van der Waals surface area (Å²) in [6.45, 7) is 18.0. The van der Waals surface area contributed by atoms with Crippen molar-refractivity contribution in [2.24, 2.45) is 17.1 Å². The van der Waals surface area contributed by atoms with Gasteiger partial charge in [0.2, 0.25) is 5.79 Å². The Bertz CT molecular complexity index is 350. The maximum atomic E-state index is 6.50. The van der Waals surface area contributed by atoms with Crippen LogP contribution in [0.5, 0.6) is 0 Å². The molecule has 2 unspecified atom stereocenters. The fourth-order valence-electron chi connectivity index (χ4n) is 2.88. The van der Waals surface area contributed by atoms with Gasteiger partial charge in [-0.05, 0) is 59.3 Å². The molecule has 0 aromatic rings. The van der Waals surface area contributed by atoms with E-state index in [0.29, 0.717) is 12.3 Å². The van der Waals surface area contributed by atoms with Crippen molar-refractivity contribution in [2.45, 2.75) is 98.2 Å². The molecule has 1 aliphatic carbocycles. The predicted octanol–water partition coefficient (Wildman–Crippen LogP) is 3.96. The molecule has 0 aromatic carbocycles. The summed E-state index contributed by atoms with van der Waals surface area (Å²) in [4.78, 5) is 22.7. The van der Waals surface area contributed by atoms with Crippen molar-refractivity contribution >= 4 is 0 Å². The quantitative estimate of drug-likeness (QED) is 0.483. The van der Waals surface area contributed by atoms with Gasteiger partial charge in [-0.15, -0.1) is 0 Å². The molecule has 5 heteroatoms. The molecular weight excluding hydrogens is 282 g/mol. The molecule has 1 saturated carbocycles. The molecule has 1 fully saturated rings. The molecular formula is C17H35NO4. The molecule has 132 valence electrons. The van der Waals surface area contributed by atoms with Crippen LogP contribution in [0.2, 0.25) is 0 Å². The van der Waals surface area contributed by atoms with Gasteiger partial charge < -0.3 is 5.73 Å². The zero-order chi connectivity index (χ0) is 17.4. The zero-order valence-electron chi connectivity index (χ0n) is 15.8. The molecule has 0 aromatic heterocycles. The van der Waals surface area contributed by atoms with Crippen molar-refractivity contribution in [3.05, 3.63) is 0 Å². The molecule has 2 N–H and O–H groups in total. The Labute approximate surface area is 135 Å². The van der Waals surface area contributed by atoms with Gasteiger partial charge in [0.15, 0.2) is 0 Å². The Balaban J connectivity index is 3.03. The summed E-state index contributed by atoms with van der Waals surface area (Å²) >= 11 is 0. The molecule has 22 heavy (non-hydrogen) atoms. The van der Waals surface area contributed by atoms with Gasteiger partial charge in [-0.1, -0.05) is 20.8 Å². The maximum Gasteiger partial charge on any atom is 0.249 e. The summed E-state index contributed by atoms with van der Waals surface area (Å²) in [5, 5.41) is 0. The second-order valence-electron chi connectivity index (χ2n) is 9.35. The maximum absolute atomic E-state index is 6.50. The predicted molar refractivity (Wildman–Crippen MR) is 86.7 cm³/mol. The van der Waals surface area contributed by atoms with Crippen molar-refractivity contribution in [1.29, 1.82) is 0 Å². The molecule has 2 atom stereocenters. The Kier molecular flexibility index (Phi) is 5.74. The van der Waals surface area contributed by atoms with E-state index in [1.165, 1.54) is 0 Å². The van der Waals surface area contributed by atoms with Crippen LogP contribution in [-0.2, 0) is 19.6 Å². The van der Waals surface area contributed by atoms with Crippen molar-refractivity contribution in [3.8, 4) is 0 Å². The van der Waals surface area contributed by atoms with Crippen LogP contribution in [-0.4, -0.2) is 23.0 Å². The van der Waals surface area contributed by atoms with Crippen molar-refractivity contribution < 1.29 is 19.6 Å². The molecule has 0 spiro atoms. The number of rotatable bonds is 4. The molecule has 0 amide bonds. The monoisotopic (exact) mass is 317 g/mol. The van der Waals surface area contributed by atoms with Crippen LogP contribution in [0.3, 0.4) is 0 Å². The summed E-state index contributed by atoms with van der Waals surface area (Å²) in [6.07, 6.45) is 1.64. The lowest BCUT2D eigenvalue weighted by Crippen LogP contribution is -2.63.